The Morgan fingerprint density at radius 3 is 2.76 bits per heavy atom. The highest BCUT2D eigenvalue weighted by Gasteiger charge is 2.32. The summed E-state index contributed by atoms with van der Waals surface area (Å²) in [5.74, 6) is -0.0506. The second kappa shape index (κ2) is 5.33. The fraction of sp³-hybridized carbons (Fsp3) is 0.375. The van der Waals surface area contributed by atoms with Crippen molar-refractivity contribution in [1.82, 2.24) is 14.5 Å². The number of aryl methyl sites for hydroxylation is 2. The number of aliphatic hydroxyl groups is 1. The first-order chi connectivity index (χ1) is 10.1. The fourth-order valence-corrected chi connectivity index (χ4v) is 2.78. The standard InChI is InChI=1S/C16H19N3O2/c1-11-3-5-12(6-4-11)16(21)19-8-14-15(7-13(19)9-20)18(2)10-17-14/h3-6,10,13,20H,7-9H2,1-2H3/t13-/m0/s1. The van der Waals surface area contributed by atoms with E-state index in [-0.39, 0.29) is 18.6 Å². The first-order valence-corrected chi connectivity index (χ1v) is 7.07. The number of hydrogen-bond acceptors (Lipinski definition) is 3. The minimum absolute atomic E-state index is 0.0395. The molecular formula is C16H19N3O2. The highest BCUT2D eigenvalue weighted by atomic mass is 16.3. The Kier molecular flexibility index (Phi) is 3.51. The summed E-state index contributed by atoms with van der Waals surface area (Å²) in [5.41, 5.74) is 3.79. The van der Waals surface area contributed by atoms with E-state index < -0.39 is 0 Å². The zero-order valence-corrected chi connectivity index (χ0v) is 12.3. The lowest BCUT2D eigenvalue weighted by Crippen LogP contribution is -2.46. The predicted molar refractivity (Wildman–Crippen MR) is 78.8 cm³/mol. The van der Waals surface area contributed by atoms with Crippen LogP contribution in [-0.4, -0.2) is 38.1 Å². The molecule has 0 aliphatic carbocycles. The molecule has 1 atom stereocenters. The molecule has 2 aromatic rings. The molecule has 1 amide bonds. The first kappa shape index (κ1) is 13.8. The number of carbonyl (C=O) groups is 1. The van der Waals surface area contributed by atoms with Crippen LogP contribution in [0.25, 0.3) is 0 Å². The quantitative estimate of drug-likeness (QED) is 0.904. The van der Waals surface area contributed by atoms with Crippen molar-refractivity contribution in [1.29, 1.82) is 0 Å². The molecule has 5 heteroatoms. The van der Waals surface area contributed by atoms with Crippen molar-refractivity contribution in [2.45, 2.75) is 25.9 Å². The van der Waals surface area contributed by atoms with Crippen molar-refractivity contribution >= 4 is 5.91 Å². The number of imidazole rings is 1. The third-order valence-electron chi connectivity index (χ3n) is 4.11. The summed E-state index contributed by atoms with van der Waals surface area (Å²) < 4.78 is 1.96. The van der Waals surface area contributed by atoms with E-state index in [1.54, 1.807) is 11.2 Å². The number of aliphatic hydroxyl groups excluding tert-OH is 1. The maximum Gasteiger partial charge on any atom is 0.254 e. The zero-order chi connectivity index (χ0) is 15.0. The predicted octanol–water partition coefficient (Wildman–Crippen LogP) is 1.29. The van der Waals surface area contributed by atoms with Gasteiger partial charge in [0.25, 0.3) is 5.91 Å². The van der Waals surface area contributed by atoms with Gasteiger partial charge in [0, 0.05) is 24.7 Å². The van der Waals surface area contributed by atoms with Gasteiger partial charge in [-0.2, -0.15) is 0 Å². The summed E-state index contributed by atoms with van der Waals surface area (Å²) in [6.07, 6.45) is 2.40. The van der Waals surface area contributed by atoms with E-state index in [2.05, 4.69) is 4.98 Å². The molecule has 21 heavy (non-hydrogen) atoms. The molecule has 0 fully saturated rings. The molecule has 110 valence electrons. The minimum Gasteiger partial charge on any atom is -0.394 e. The largest absolute Gasteiger partial charge is 0.394 e. The van der Waals surface area contributed by atoms with Crippen LogP contribution in [0, 0.1) is 6.92 Å². The van der Waals surface area contributed by atoms with Gasteiger partial charge in [-0.25, -0.2) is 4.98 Å². The molecule has 5 nitrogen and oxygen atoms in total. The van der Waals surface area contributed by atoms with E-state index in [1.807, 2.05) is 42.8 Å². The Hall–Kier alpha value is -2.14. The monoisotopic (exact) mass is 285 g/mol. The topological polar surface area (TPSA) is 58.4 Å². The van der Waals surface area contributed by atoms with Gasteiger partial charge in [-0.3, -0.25) is 4.79 Å². The van der Waals surface area contributed by atoms with Crippen LogP contribution >= 0.6 is 0 Å². The Labute approximate surface area is 123 Å². The molecule has 1 aromatic heterocycles. The normalized spacial score (nSPS) is 17.7. The molecule has 1 aliphatic rings. The van der Waals surface area contributed by atoms with Crippen molar-refractivity contribution in [3.05, 3.63) is 53.1 Å². The molecule has 0 saturated heterocycles. The van der Waals surface area contributed by atoms with Gasteiger partial charge in [-0.15, -0.1) is 0 Å². The summed E-state index contributed by atoms with van der Waals surface area (Å²) >= 11 is 0. The Balaban J connectivity index is 1.90. The van der Waals surface area contributed by atoms with Crippen LogP contribution in [0.3, 0.4) is 0 Å². The van der Waals surface area contributed by atoms with E-state index in [9.17, 15) is 9.90 Å². The van der Waals surface area contributed by atoms with Crippen molar-refractivity contribution in [2.75, 3.05) is 6.61 Å². The Morgan fingerprint density at radius 2 is 2.10 bits per heavy atom. The fourth-order valence-electron chi connectivity index (χ4n) is 2.78. The van der Waals surface area contributed by atoms with E-state index in [0.29, 0.717) is 18.5 Å². The average molecular weight is 285 g/mol. The Bertz CT molecular complexity index is 661. The molecule has 0 spiro atoms. The van der Waals surface area contributed by atoms with Gasteiger partial charge < -0.3 is 14.6 Å². The lowest BCUT2D eigenvalue weighted by molar-refractivity contribution is 0.0536. The highest BCUT2D eigenvalue weighted by molar-refractivity contribution is 5.94. The van der Waals surface area contributed by atoms with Crippen molar-refractivity contribution in [2.24, 2.45) is 7.05 Å². The van der Waals surface area contributed by atoms with Gasteiger partial charge in [0.1, 0.15) is 0 Å². The highest BCUT2D eigenvalue weighted by Crippen LogP contribution is 2.23. The van der Waals surface area contributed by atoms with Crippen molar-refractivity contribution in [3.63, 3.8) is 0 Å². The summed E-state index contributed by atoms with van der Waals surface area (Å²) in [6, 6.07) is 7.33. The Morgan fingerprint density at radius 1 is 1.38 bits per heavy atom. The van der Waals surface area contributed by atoms with Gasteiger partial charge in [-0.1, -0.05) is 17.7 Å². The summed E-state index contributed by atoms with van der Waals surface area (Å²) in [7, 11) is 1.94. The van der Waals surface area contributed by atoms with E-state index >= 15 is 0 Å². The van der Waals surface area contributed by atoms with Crippen LogP contribution in [0.4, 0.5) is 0 Å². The third kappa shape index (κ3) is 2.45. The maximum atomic E-state index is 12.7. The lowest BCUT2D eigenvalue weighted by atomic mass is 10.0. The SMILES string of the molecule is Cc1ccc(C(=O)N2Cc3ncn(C)c3C[C@H]2CO)cc1. The van der Waals surface area contributed by atoms with E-state index in [4.69, 9.17) is 0 Å². The van der Waals surface area contributed by atoms with Crippen LogP contribution < -0.4 is 0 Å². The molecule has 2 heterocycles. The number of aromatic nitrogens is 2. The molecule has 1 aromatic carbocycles. The third-order valence-corrected chi connectivity index (χ3v) is 4.11. The van der Waals surface area contributed by atoms with Crippen LogP contribution in [0.1, 0.15) is 27.3 Å². The number of fused-ring (bicyclic) bond motifs is 1. The van der Waals surface area contributed by atoms with Gasteiger partial charge >= 0.3 is 0 Å². The summed E-state index contributed by atoms with van der Waals surface area (Å²) in [6.45, 7) is 2.40. The molecule has 0 bridgehead atoms. The van der Waals surface area contributed by atoms with Gasteiger partial charge in [0.2, 0.25) is 0 Å². The lowest BCUT2D eigenvalue weighted by Gasteiger charge is -2.34. The van der Waals surface area contributed by atoms with E-state index in [1.165, 1.54) is 0 Å². The first-order valence-electron chi connectivity index (χ1n) is 7.07. The molecule has 1 N–H and O–H groups in total. The molecule has 3 rings (SSSR count). The van der Waals surface area contributed by atoms with Crippen molar-refractivity contribution in [3.8, 4) is 0 Å². The molecular weight excluding hydrogens is 266 g/mol. The molecule has 0 saturated carbocycles. The maximum absolute atomic E-state index is 12.7. The van der Waals surface area contributed by atoms with Gasteiger partial charge in [0.15, 0.2) is 0 Å². The molecule has 0 radical (unpaired) electrons. The number of carbonyl (C=O) groups excluding carboxylic acids is 1. The average Bonchev–Trinajstić information content (AvgIpc) is 2.86. The number of nitrogens with zero attached hydrogens (tertiary/aromatic N) is 3. The van der Waals surface area contributed by atoms with Gasteiger partial charge in [-0.05, 0) is 19.1 Å². The summed E-state index contributed by atoms with van der Waals surface area (Å²) in [5, 5.41) is 9.63. The number of amides is 1. The second-order valence-electron chi connectivity index (χ2n) is 5.59. The second-order valence-corrected chi connectivity index (χ2v) is 5.59. The van der Waals surface area contributed by atoms with Crippen LogP contribution in [0.5, 0.6) is 0 Å². The number of benzene rings is 1. The zero-order valence-electron chi connectivity index (χ0n) is 12.3. The van der Waals surface area contributed by atoms with Crippen LogP contribution in [0.15, 0.2) is 30.6 Å². The minimum atomic E-state index is -0.193. The van der Waals surface area contributed by atoms with E-state index in [0.717, 1.165) is 17.0 Å². The van der Waals surface area contributed by atoms with Crippen LogP contribution in [-0.2, 0) is 20.0 Å². The van der Waals surface area contributed by atoms with Crippen molar-refractivity contribution < 1.29 is 9.90 Å². The smallest absolute Gasteiger partial charge is 0.254 e. The molecule has 1 aliphatic heterocycles. The number of rotatable bonds is 2. The van der Waals surface area contributed by atoms with Crippen LogP contribution in [0.2, 0.25) is 0 Å². The molecule has 0 unspecified atom stereocenters. The van der Waals surface area contributed by atoms with Gasteiger partial charge in [0.05, 0.1) is 31.2 Å². The summed E-state index contributed by atoms with van der Waals surface area (Å²) in [4.78, 5) is 18.8. The number of hydrogen-bond donors (Lipinski definition) is 1.